The summed E-state index contributed by atoms with van der Waals surface area (Å²) in [7, 11) is 0. The van der Waals surface area contributed by atoms with E-state index in [1.165, 1.54) is 12.1 Å². The number of benzene rings is 1. The first-order valence-electron chi connectivity index (χ1n) is 11.1. The van der Waals surface area contributed by atoms with E-state index >= 15 is 0 Å². The number of rotatable bonds is 8. The molecule has 1 aliphatic heterocycles. The smallest absolute Gasteiger partial charge is 0.254 e. The van der Waals surface area contributed by atoms with Gasteiger partial charge in [-0.05, 0) is 37.0 Å². The second-order valence-corrected chi connectivity index (χ2v) is 10.2. The summed E-state index contributed by atoms with van der Waals surface area (Å²) in [4.78, 5) is 14.7. The predicted octanol–water partition coefficient (Wildman–Crippen LogP) is 3.66. The third-order valence-corrected chi connectivity index (χ3v) is 8.20. The van der Waals surface area contributed by atoms with Gasteiger partial charge in [0, 0.05) is 49.4 Å². The zero-order valence-corrected chi connectivity index (χ0v) is 19.2. The number of hydrogen-bond acceptors (Lipinski definition) is 4. The fourth-order valence-electron chi connectivity index (χ4n) is 4.52. The summed E-state index contributed by atoms with van der Waals surface area (Å²) in [6.45, 7) is 3.53. The van der Waals surface area contributed by atoms with E-state index in [4.69, 9.17) is 0 Å². The number of halogens is 4. The maximum absolute atomic E-state index is 14.2. The molecule has 1 heterocycles. The number of nitrogens with one attached hydrogen (secondary N) is 1. The van der Waals surface area contributed by atoms with Crippen LogP contribution in [0.25, 0.3) is 0 Å². The molecule has 3 rings (SSSR count). The number of alkyl halides is 3. The summed E-state index contributed by atoms with van der Waals surface area (Å²) in [6, 6.07) is 3.58. The van der Waals surface area contributed by atoms with Gasteiger partial charge in [0.05, 0.1) is 18.7 Å². The van der Waals surface area contributed by atoms with Crippen molar-refractivity contribution < 1.29 is 26.9 Å². The quantitative estimate of drug-likeness (QED) is 0.459. The summed E-state index contributed by atoms with van der Waals surface area (Å²) >= 11 is -1.05. The maximum atomic E-state index is 14.2. The molecule has 5 nitrogen and oxygen atoms in total. The van der Waals surface area contributed by atoms with Gasteiger partial charge in [0.2, 0.25) is 5.92 Å². The van der Waals surface area contributed by atoms with Crippen LogP contribution in [0.5, 0.6) is 0 Å². The molecule has 0 radical (unpaired) electrons. The maximum Gasteiger partial charge on any atom is 0.254 e. The van der Waals surface area contributed by atoms with E-state index in [1.807, 2.05) is 11.2 Å². The molecule has 1 N–H and O–H groups in total. The van der Waals surface area contributed by atoms with Crippen molar-refractivity contribution in [3.63, 3.8) is 0 Å². The molecular weight excluding hydrogens is 446 g/mol. The van der Waals surface area contributed by atoms with E-state index in [9.17, 15) is 26.9 Å². The van der Waals surface area contributed by atoms with E-state index in [2.05, 4.69) is 10.2 Å². The number of carbonyl (C=O) groups excluding carboxylic acids is 1. The van der Waals surface area contributed by atoms with Crippen LogP contribution in [-0.2, 0) is 18.0 Å². The van der Waals surface area contributed by atoms with Crippen LogP contribution in [0.15, 0.2) is 18.2 Å². The van der Waals surface area contributed by atoms with Gasteiger partial charge in [-0.3, -0.25) is 9.69 Å². The monoisotopic (exact) mass is 477 g/mol. The van der Waals surface area contributed by atoms with E-state index in [0.717, 1.165) is 12.5 Å². The summed E-state index contributed by atoms with van der Waals surface area (Å²) in [6.07, 6.45) is 0.693. The summed E-state index contributed by atoms with van der Waals surface area (Å²) in [5.41, 5.74) is -0.716. The van der Waals surface area contributed by atoms with Crippen LogP contribution in [0.3, 0.4) is 0 Å². The Bertz CT molecular complexity index is 780. The summed E-state index contributed by atoms with van der Waals surface area (Å²) < 4.78 is 69.0. The fourth-order valence-corrected chi connectivity index (χ4v) is 5.70. The lowest BCUT2D eigenvalue weighted by atomic mass is 9.78. The first-order chi connectivity index (χ1) is 15.2. The van der Waals surface area contributed by atoms with Crippen LogP contribution >= 0.6 is 0 Å². The molecule has 1 saturated heterocycles. The molecule has 1 aromatic carbocycles. The van der Waals surface area contributed by atoms with Gasteiger partial charge in [-0.1, -0.05) is 13.0 Å². The molecule has 180 valence electrons. The number of nitrogens with zero attached hydrogens (tertiary/aromatic N) is 2. The molecule has 0 bridgehead atoms. The van der Waals surface area contributed by atoms with E-state index in [0.29, 0.717) is 31.9 Å². The normalized spacial score (nSPS) is 22.4. The van der Waals surface area contributed by atoms with Gasteiger partial charge in [0.25, 0.3) is 5.91 Å². The number of amides is 1. The van der Waals surface area contributed by atoms with Gasteiger partial charge in [-0.15, -0.1) is 4.31 Å². The third kappa shape index (κ3) is 5.95. The van der Waals surface area contributed by atoms with Gasteiger partial charge < -0.3 is 9.87 Å². The molecule has 1 aliphatic carbocycles. The Kier molecular flexibility index (Phi) is 8.46. The fraction of sp³-hybridized carbons (Fsp3) is 0.682. The van der Waals surface area contributed by atoms with Crippen molar-refractivity contribution in [2.45, 2.75) is 57.2 Å². The van der Waals surface area contributed by atoms with Crippen LogP contribution in [0.4, 0.5) is 17.6 Å². The Balaban J connectivity index is 1.69. The predicted molar refractivity (Wildman–Crippen MR) is 116 cm³/mol. The Morgan fingerprint density at radius 3 is 2.38 bits per heavy atom. The Morgan fingerprint density at radius 2 is 1.81 bits per heavy atom. The van der Waals surface area contributed by atoms with Crippen LogP contribution in [0.1, 0.15) is 54.9 Å². The second kappa shape index (κ2) is 10.7. The van der Waals surface area contributed by atoms with Crippen LogP contribution < -0.4 is 5.32 Å². The molecule has 2 aliphatic rings. The largest absolute Gasteiger partial charge is 0.598 e. The Morgan fingerprint density at radius 1 is 1.16 bits per heavy atom. The lowest BCUT2D eigenvalue weighted by Gasteiger charge is -2.50. The standard InChI is InChI=1S/C22H31F4N3O2S/c1-2-13-32(31)29-11-9-28(10-12-29)21(5-7-22(25,26)8-6-21)16-27-20(30)18-4-3-17(15-23)14-19(18)24/h3-4,14H,2,5-13,15-16H2,1H3,(H,27,30). The second-order valence-electron chi connectivity index (χ2n) is 8.65. The SMILES string of the molecule is CCC[S+]([O-])N1CCN(C2(CNC(=O)c3ccc(CF)cc3F)CCC(F)(F)CC2)CC1. The van der Waals surface area contributed by atoms with E-state index in [1.54, 1.807) is 0 Å². The average molecular weight is 478 g/mol. The highest BCUT2D eigenvalue weighted by Gasteiger charge is 2.47. The molecule has 2 fully saturated rings. The zero-order chi connectivity index (χ0) is 23.4. The van der Waals surface area contributed by atoms with Crippen molar-refractivity contribution in [2.24, 2.45) is 0 Å². The molecule has 10 heteroatoms. The molecule has 1 amide bonds. The lowest BCUT2D eigenvalue weighted by molar-refractivity contribution is -0.0856. The van der Waals surface area contributed by atoms with Gasteiger partial charge in [0.1, 0.15) is 18.2 Å². The highest BCUT2D eigenvalue weighted by molar-refractivity contribution is 7.89. The minimum absolute atomic E-state index is 0.115. The molecule has 1 saturated carbocycles. The summed E-state index contributed by atoms with van der Waals surface area (Å²) in [5.74, 6) is -3.59. The first kappa shape index (κ1) is 25.3. The average Bonchev–Trinajstić information content (AvgIpc) is 2.78. The van der Waals surface area contributed by atoms with Crippen molar-refractivity contribution in [3.8, 4) is 0 Å². The van der Waals surface area contributed by atoms with Gasteiger partial charge in [-0.25, -0.2) is 17.6 Å². The molecular formula is C22H31F4N3O2S. The molecule has 1 unspecified atom stereocenters. The highest BCUT2D eigenvalue weighted by atomic mass is 32.2. The third-order valence-electron chi connectivity index (χ3n) is 6.50. The Labute approximate surface area is 189 Å². The molecule has 1 aromatic rings. The van der Waals surface area contributed by atoms with E-state index < -0.39 is 41.2 Å². The van der Waals surface area contributed by atoms with Gasteiger partial charge in [0.15, 0.2) is 0 Å². The van der Waals surface area contributed by atoms with Gasteiger partial charge >= 0.3 is 0 Å². The van der Waals surface area contributed by atoms with Crippen molar-refractivity contribution in [2.75, 3.05) is 38.5 Å². The van der Waals surface area contributed by atoms with E-state index in [-0.39, 0.29) is 43.4 Å². The van der Waals surface area contributed by atoms with Crippen molar-refractivity contribution in [1.29, 1.82) is 0 Å². The highest BCUT2D eigenvalue weighted by Crippen LogP contribution is 2.41. The van der Waals surface area contributed by atoms with Crippen molar-refractivity contribution >= 4 is 17.3 Å². The topological polar surface area (TPSA) is 58.6 Å². The van der Waals surface area contributed by atoms with Crippen molar-refractivity contribution in [3.05, 3.63) is 35.1 Å². The molecule has 32 heavy (non-hydrogen) atoms. The zero-order valence-electron chi connectivity index (χ0n) is 18.3. The molecule has 0 aromatic heterocycles. The Hall–Kier alpha value is -1.36. The summed E-state index contributed by atoms with van der Waals surface area (Å²) in [5, 5.41) is 2.73. The van der Waals surface area contributed by atoms with Crippen LogP contribution in [-0.4, -0.2) is 69.6 Å². The number of carbonyl (C=O) groups is 1. The lowest BCUT2D eigenvalue weighted by Crippen LogP contribution is -2.63. The number of hydrogen-bond donors (Lipinski definition) is 1. The minimum Gasteiger partial charge on any atom is -0.598 e. The first-order valence-corrected chi connectivity index (χ1v) is 12.4. The van der Waals surface area contributed by atoms with Gasteiger partial charge in [-0.2, -0.15) is 0 Å². The molecule has 0 spiro atoms. The minimum atomic E-state index is -2.73. The number of piperazine rings is 1. The molecule has 1 atom stereocenters. The van der Waals surface area contributed by atoms with Crippen molar-refractivity contribution in [1.82, 2.24) is 14.5 Å². The van der Waals surface area contributed by atoms with Crippen LogP contribution in [0.2, 0.25) is 0 Å². The van der Waals surface area contributed by atoms with Crippen LogP contribution in [0, 0.1) is 5.82 Å².